The van der Waals surface area contributed by atoms with E-state index in [-0.39, 0.29) is 24.0 Å². The number of phenols is 1. The zero-order valence-corrected chi connectivity index (χ0v) is 21.4. The molecule has 0 aliphatic heterocycles. The Morgan fingerprint density at radius 3 is 2.35 bits per heavy atom. The van der Waals surface area contributed by atoms with Crippen LogP contribution in [0.1, 0.15) is 37.3 Å². The number of carboxylic acids is 1. The standard InChI is InChI=1S/C22H25Br2NO5S/c1-12(2)15-11-14(4-5-19(15)26)30-21-16(23)8-13(9-17(21)24)10-20(27)25-18(22(28)29)6-7-31-3/h4-5,8-9,11-12,18,26H,6-7,10H2,1-3H3,(H,25,27)(H,28,29)/t18-/m1/s1. The molecule has 2 aromatic carbocycles. The smallest absolute Gasteiger partial charge is 0.326 e. The molecular formula is C22H25Br2NO5S. The number of thioether (sulfide) groups is 1. The number of hydrogen-bond donors (Lipinski definition) is 3. The first-order valence-corrected chi connectivity index (χ1v) is 12.6. The highest BCUT2D eigenvalue weighted by molar-refractivity contribution is 9.11. The molecule has 2 rings (SSSR count). The maximum absolute atomic E-state index is 12.4. The molecule has 31 heavy (non-hydrogen) atoms. The van der Waals surface area contributed by atoms with Gasteiger partial charge in [-0.1, -0.05) is 13.8 Å². The zero-order chi connectivity index (χ0) is 23.1. The van der Waals surface area contributed by atoms with Crippen molar-refractivity contribution in [2.24, 2.45) is 0 Å². The van der Waals surface area contributed by atoms with Gasteiger partial charge in [-0.3, -0.25) is 4.79 Å². The van der Waals surface area contributed by atoms with E-state index in [0.29, 0.717) is 38.2 Å². The fourth-order valence-corrected chi connectivity index (χ4v) is 4.83. The predicted molar refractivity (Wildman–Crippen MR) is 130 cm³/mol. The van der Waals surface area contributed by atoms with Crippen LogP contribution >= 0.6 is 43.6 Å². The van der Waals surface area contributed by atoms with Gasteiger partial charge in [0.05, 0.1) is 15.4 Å². The molecule has 0 saturated heterocycles. The number of carbonyl (C=O) groups excluding carboxylic acids is 1. The van der Waals surface area contributed by atoms with Crippen LogP contribution in [-0.4, -0.2) is 40.1 Å². The van der Waals surface area contributed by atoms with Gasteiger partial charge >= 0.3 is 5.97 Å². The van der Waals surface area contributed by atoms with Crippen molar-refractivity contribution in [3.05, 3.63) is 50.4 Å². The first-order chi connectivity index (χ1) is 14.6. The SMILES string of the molecule is CSCC[C@@H](NC(=O)Cc1cc(Br)c(Oc2ccc(O)c(C(C)C)c2)c(Br)c1)C(=O)O. The van der Waals surface area contributed by atoms with Crippen LogP contribution in [0.5, 0.6) is 17.2 Å². The third-order valence-corrected chi connectivity index (χ3v) is 6.33. The van der Waals surface area contributed by atoms with E-state index in [2.05, 4.69) is 37.2 Å². The van der Waals surface area contributed by atoms with E-state index in [1.807, 2.05) is 20.1 Å². The van der Waals surface area contributed by atoms with Gasteiger partial charge in [-0.2, -0.15) is 11.8 Å². The lowest BCUT2D eigenvalue weighted by Crippen LogP contribution is -2.41. The summed E-state index contributed by atoms with van der Waals surface area (Å²) in [5.74, 6) is 0.723. The Labute approximate surface area is 203 Å². The summed E-state index contributed by atoms with van der Waals surface area (Å²) in [5.41, 5.74) is 1.48. The normalized spacial score (nSPS) is 11.9. The Hall–Kier alpha value is -1.71. The number of halogens is 2. The lowest BCUT2D eigenvalue weighted by Gasteiger charge is -2.16. The minimum absolute atomic E-state index is 0.0389. The predicted octanol–water partition coefficient (Wildman–Crippen LogP) is 5.70. The second kappa shape index (κ2) is 11.8. The molecule has 1 amide bonds. The van der Waals surface area contributed by atoms with Gasteiger partial charge in [-0.25, -0.2) is 4.79 Å². The van der Waals surface area contributed by atoms with E-state index < -0.39 is 12.0 Å². The summed E-state index contributed by atoms with van der Waals surface area (Å²) < 4.78 is 7.28. The molecule has 0 unspecified atom stereocenters. The quantitative estimate of drug-likeness (QED) is 0.337. The van der Waals surface area contributed by atoms with Gasteiger partial charge in [-0.05, 0) is 92.1 Å². The molecule has 0 aromatic heterocycles. The maximum atomic E-state index is 12.4. The lowest BCUT2D eigenvalue weighted by atomic mass is 10.0. The van der Waals surface area contributed by atoms with Gasteiger partial charge in [0.2, 0.25) is 5.91 Å². The largest absolute Gasteiger partial charge is 0.508 e. The molecular weight excluding hydrogens is 550 g/mol. The van der Waals surface area contributed by atoms with Gasteiger partial charge in [0.25, 0.3) is 0 Å². The third-order valence-electron chi connectivity index (χ3n) is 4.51. The molecule has 168 valence electrons. The molecule has 1 atom stereocenters. The Morgan fingerprint density at radius 2 is 1.81 bits per heavy atom. The number of nitrogens with one attached hydrogen (secondary N) is 1. The first-order valence-electron chi connectivity index (χ1n) is 9.62. The number of amides is 1. The number of carbonyl (C=O) groups is 2. The Kier molecular flexibility index (Phi) is 9.71. The van der Waals surface area contributed by atoms with Crippen LogP contribution in [0, 0.1) is 0 Å². The molecule has 0 spiro atoms. The average molecular weight is 575 g/mol. The maximum Gasteiger partial charge on any atom is 0.326 e. The number of rotatable bonds is 10. The molecule has 0 saturated carbocycles. The monoisotopic (exact) mass is 573 g/mol. The van der Waals surface area contributed by atoms with Crippen molar-refractivity contribution in [1.82, 2.24) is 5.32 Å². The van der Waals surface area contributed by atoms with Crippen LogP contribution in [0.2, 0.25) is 0 Å². The van der Waals surface area contributed by atoms with Gasteiger partial charge in [0.15, 0.2) is 5.75 Å². The molecule has 0 bridgehead atoms. The van der Waals surface area contributed by atoms with Gasteiger partial charge in [-0.15, -0.1) is 0 Å². The highest BCUT2D eigenvalue weighted by atomic mass is 79.9. The van der Waals surface area contributed by atoms with Gasteiger partial charge in [0.1, 0.15) is 17.5 Å². The van der Waals surface area contributed by atoms with Crippen LogP contribution in [-0.2, 0) is 16.0 Å². The first kappa shape index (κ1) is 25.5. The molecule has 0 aliphatic rings. The summed E-state index contributed by atoms with van der Waals surface area (Å²) in [6.07, 6.45) is 2.30. The van der Waals surface area contributed by atoms with E-state index in [4.69, 9.17) is 4.74 Å². The molecule has 9 heteroatoms. The minimum atomic E-state index is -1.04. The molecule has 0 aliphatic carbocycles. The summed E-state index contributed by atoms with van der Waals surface area (Å²) in [5, 5.41) is 21.9. The fraction of sp³-hybridized carbons (Fsp3) is 0.364. The number of carboxylic acid groups (broad SMARTS) is 1. The fourth-order valence-electron chi connectivity index (χ4n) is 2.91. The Morgan fingerprint density at radius 1 is 1.16 bits per heavy atom. The Bertz CT molecular complexity index is 928. The van der Waals surface area contributed by atoms with Crippen molar-refractivity contribution >= 4 is 55.5 Å². The Balaban J connectivity index is 2.14. The van der Waals surface area contributed by atoms with Crippen LogP contribution in [0.3, 0.4) is 0 Å². The van der Waals surface area contributed by atoms with E-state index in [0.717, 1.165) is 5.56 Å². The highest BCUT2D eigenvalue weighted by Gasteiger charge is 2.20. The molecule has 0 heterocycles. The van der Waals surface area contributed by atoms with E-state index in [1.165, 1.54) is 11.8 Å². The molecule has 6 nitrogen and oxygen atoms in total. The van der Waals surface area contributed by atoms with Crippen LogP contribution in [0.4, 0.5) is 0 Å². The second-order valence-corrected chi connectivity index (χ2v) is 9.98. The molecule has 3 N–H and O–H groups in total. The van der Waals surface area contributed by atoms with Crippen molar-refractivity contribution in [2.75, 3.05) is 12.0 Å². The zero-order valence-electron chi connectivity index (χ0n) is 17.4. The van der Waals surface area contributed by atoms with Gasteiger partial charge < -0.3 is 20.3 Å². The summed E-state index contributed by atoms with van der Waals surface area (Å²) in [7, 11) is 0. The third kappa shape index (κ3) is 7.43. The van der Waals surface area contributed by atoms with E-state index in [9.17, 15) is 19.8 Å². The molecule has 2 aromatic rings. The van der Waals surface area contributed by atoms with Crippen LogP contribution < -0.4 is 10.1 Å². The number of hydrogen-bond acceptors (Lipinski definition) is 5. The minimum Gasteiger partial charge on any atom is -0.508 e. The van der Waals surface area contributed by atoms with E-state index >= 15 is 0 Å². The lowest BCUT2D eigenvalue weighted by molar-refractivity contribution is -0.141. The molecule has 0 fully saturated rings. The summed E-state index contributed by atoms with van der Waals surface area (Å²) in [6.45, 7) is 3.97. The van der Waals surface area contributed by atoms with Crippen molar-refractivity contribution in [3.63, 3.8) is 0 Å². The topological polar surface area (TPSA) is 95.9 Å². The van der Waals surface area contributed by atoms with Crippen molar-refractivity contribution in [2.45, 2.75) is 38.6 Å². The summed E-state index contributed by atoms with van der Waals surface area (Å²) in [4.78, 5) is 23.7. The number of ether oxygens (including phenoxy) is 1. The van der Waals surface area contributed by atoms with Crippen LogP contribution in [0.25, 0.3) is 0 Å². The van der Waals surface area contributed by atoms with Crippen LogP contribution in [0.15, 0.2) is 39.3 Å². The van der Waals surface area contributed by atoms with Crippen molar-refractivity contribution < 1.29 is 24.5 Å². The summed E-state index contributed by atoms with van der Waals surface area (Å²) >= 11 is 8.50. The number of aromatic hydroxyl groups is 1. The average Bonchev–Trinajstić information content (AvgIpc) is 2.68. The number of benzene rings is 2. The highest BCUT2D eigenvalue weighted by Crippen LogP contribution is 2.39. The van der Waals surface area contributed by atoms with Crippen molar-refractivity contribution in [1.29, 1.82) is 0 Å². The van der Waals surface area contributed by atoms with Gasteiger partial charge in [0, 0.05) is 5.56 Å². The number of phenolic OH excluding ortho intramolecular Hbond substituents is 1. The summed E-state index contributed by atoms with van der Waals surface area (Å²) in [6, 6.07) is 7.70. The second-order valence-electron chi connectivity index (χ2n) is 7.28. The van der Waals surface area contributed by atoms with Crippen molar-refractivity contribution in [3.8, 4) is 17.2 Å². The van der Waals surface area contributed by atoms with E-state index in [1.54, 1.807) is 30.3 Å². The molecule has 0 radical (unpaired) electrons. The number of aliphatic carboxylic acids is 1.